The van der Waals surface area contributed by atoms with Crippen LogP contribution in [0.3, 0.4) is 0 Å². The molecule has 120 valence electrons. The first-order chi connectivity index (χ1) is 10.6. The molecule has 0 saturated heterocycles. The zero-order valence-electron chi connectivity index (χ0n) is 12.8. The molecular formula is C15H20N2O4S. The van der Waals surface area contributed by atoms with Crippen molar-refractivity contribution in [2.75, 3.05) is 13.7 Å². The van der Waals surface area contributed by atoms with Gasteiger partial charge in [0, 0.05) is 31.4 Å². The van der Waals surface area contributed by atoms with Crippen LogP contribution in [-0.2, 0) is 28.9 Å². The molecule has 0 amide bonds. The van der Waals surface area contributed by atoms with Gasteiger partial charge in [-0.05, 0) is 18.9 Å². The molecule has 2 aromatic heterocycles. The van der Waals surface area contributed by atoms with Gasteiger partial charge in [-0.1, -0.05) is 6.92 Å². The molecule has 0 aromatic carbocycles. The van der Waals surface area contributed by atoms with E-state index in [1.165, 1.54) is 11.3 Å². The summed E-state index contributed by atoms with van der Waals surface area (Å²) < 4.78 is 6.67. The van der Waals surface area contributed by atoms with E-state index >= 15 is 0 Å². The molecule has 2 rings (SSSR count). The highest BCUT2D eigenvalue weighted by Crippen LogP contribution is 2.22. The topological polar surface area (TPSA) is 81.4 Å². The Bertz CT molecular complexity index is 720. The minimum Gasteiger partial charge on any atom is -0.481 e. The van der Waals surface area contributed by atoms with Crippen LogP contribution < -0.4 is 5.56 Å². The molecule has 0 unspecified atom stereocenters. The average molecular weight is 324 g/mol. The molecule has 0 radical (unpaired) electrons. The Kier molecular flexibility index (Phi) is 5.68. The molecule has 1 N–H and O–H groups in total. The second-order valence-corrected chi connectivity index (χ2v) is 6.13. The van der Waals surface area contributed by atoms with Gasteiger partial charge >= 0.3 is 5.97 Å². The summed E-state index contributed by atoms with van der Waals surface area (Å²) in [5, 5.41) is 9.38. The third-order valence-corrected chi connectivity index (χ3v) is 4.61. The fourth-order valence-electron chi connectivity index (χ4n) is 2.29. The molecule has 0 aliphatic carbocycles. The van der Waals surface area contributed by atoms with Crippen molar-refractivity contribution in [1.29, 1.82) is 0 Å². The number of hydrogen-bond acceptors (Lipinski definition) is 5. The molecular weight excluding hydrogens is 304 g/mol. The minimum atomic E-state index is -0.857. The summed E-state index contributed by atoms with van der Waals surface area (Å²) in [7, 11) is 1.60. The average Bonchev–Trinajstić information content (AvgIpc) is 2.90. The molecule has 6 nitrogen and oxygen atoms in total. The third-order valence-electron chi connectivity index (χ3n) is 3.43. The van der Waals surface area contributed by atoms with Crippen LogP contribution in [0, 0.1) is 0 Å². The molecule has 0 saturated carbocycles. The van der Waals surface area contributed by atoms with Crippen molar-refractivity contribution in [3.05, 3.63) is 27.1 Å². The van der Waals surface area contributed by atoms with Crippen molar-refractivity contribution in [1.82, 2.24) is 9.55 Å². The molecule has 0 bridgehead atoms. The fourth-order valence-corrected chi connectivity index (χ4v) is 3.26. The van der Waals surface area contributed by atoms with Crippen LogP contribution in [0.1, 0.15) is 30.5 Å². The predicted octanol–water partition coefficient (Wildman–Crippen LogP) is 2.07. The maximum atomic E-state index is 12.7. The SMILES string of the molecule is CCc1cc2c(=O)n(CCCC(=O)O)c(CCOC)nc2s1. The molecule has 0 aliphatic heterocycles. The van der Waals surface area contributed by atoms with E-state index in [4.69, 9.17) is 9.84 Å². The fraction of sp³-hybridized carbons (Fsp3) is 0.533. The van der Waals surface area contributed by atoms with E-state index in [2.05, 4.69) is 4.98 Å². The van der Waals surface area contributed by atoms with Crippen molar-refractivity contribution in [3.63, 3.8) is 0 Å². The number of aliphatic carboxylic acids is 1. The first-order valence-corrected chi connectivity index (χ1v) is 8.11. The number of aromatic nitrogens is 2. The zero-order valence-corrected chi connectivity index (χ0v) is 13.6. The number of fused-ring (bicyclic) bond motifs is 1. The van der Waals surface area contributed by atoms with Crippen molar-refractivity contribution < 1.29 is 14.6 Å². The molecule has 0 fully saturated rings. The van der Waals surface area contributed by atoms with E-state index in [0.717, 1.165) is 16.1 Å². The van der Waals surface area contributed by atoms with E-state index < -0.39 is 5.97 Å². The Morgan fingerprint density at radius 2 is 2.27 bits per heavy atom. The van der Waals surface area contributed by atoms with Gasteiger partial charge in [-0.15, -0.1) is 11.3 Å². The number of carboxylic acids is 1. The summed E-state index contributed by atoms with van der Waals surface area (Å²) in [6.45, 7) is 2.88. The molecule has 0 spiro atoms. The van der Waals surface area contributed by atoms with Gasteiger partial charge in [-0.25, -0.2) is 4.98 Å². The molecule has 0 aliphatic rings. The predicted molar refractivity (Wildman–Crippen MR) is 85.7 cm³/mol. The maximum Gasteiger partial charge on any atom is 0.303 e. The zero-order chi connectivity index (χ0) is 16.1. The van der Waals surface area contributed by atoms with Crippen molar-refractivity contribution in [2.45, 2.75) is 39.2 Å². The van der Waals surface area contributed by atoms with Crippen LogP contribution in [-0.4, -0.2) is 34.3 Å². The normalized spacial score (nSPS) is 11.2. The number of hydrogen-bond donors (Lipinski definition) is 1. The number of carboxylic acid groups (broad SMARTS) is 1. The van der Waals surface area contributed by atoms with Gasteiger partial charge in [0.05, 0.1) is 12.0 Å². The van der Waals surface area contributed by atoms with Crippen LogP contribution in [0.15, 0.2) is 10.9 Å². The number of nitrogens with zero attached hydrogens (tertiary/aromatic N) is 2. The Balaban J connectivity index is 2.41. The molecule has 22 heavy (non-hydrogen) atoms. The number of methoxy groups -OCH3 is 1. The highest BCUT2D eigenvalue weighted by atomic mass is 32.1. The second-order valence-electron chi connectivity index (χ2n) is 5.01. The lowest BCUT2D eigenvalue weighted by Crippen LogP contribution is -2.26. The maximum absolute atomic E-state index is 12.7. The summed E-state index contributed by atoms with van der Waals surface area (Å²) in [6.07, 6.45) is 1.85. The smallest absolute Gasteiger partial charge is 0.303 e. The largest absolute Gasteiger partial charge is 0.481 e. The molecule has 7 heteroatoms. The summed E-state index contributed by atoms with van der Waals surface area (Å²) in [4.78, 5) is 29.8. The molecule has 2 aromatic rings. The van der Waals surface area contributed by atoms with Gasteiger partial charge in [-0.2, -0.15) is 0 Å². The van der Waals surface area contributed by atoms with Crippen LogP contribution in [0.2, 0.25) is 0 Å². The van der Waals surface area contributed by atoms with Gasteiger partial charge in [-0.3, -0.25) is 14.2 Å². The number of ether oxygens (including phenoxy) is 1. The minimum absolute atomic E-state index is 0.0397. The summed E-state index contributed by atoms with van der Waals surface area (Å²) >= 11 is 1.54. The van der Waals surface area contributed by atoms with Crippen molar-refractivity contribution in [2.24, 2.45) is 0 Å². The lowest BCUT2D eigenvalue weighted by Gasteiger charge is -2.11. The van der Waals surface area contributed by atoms with Gasteiger partial charge in [0.25, 0.3) is 5.56 Å². The number of thiophene rings is 1. The van der Waals surface area contributed by atoms with Crippen LogP contribution in [0.5, 0.6) is 0 Å². The Morgan fingerprint density at radius 3 is 2.91 bits per heavy atom. The van der Waals surface area contributed by atoms with E-state index in [9.17, 15) is 9.59 Å². The first kappa shape index (κ1) is 16.6. The Labute approximate surface area is 132 Å². The van der Waals surface area contributed by atoms with E-state index in [0.29, 0.717) is 37.2 Å². The molecule has 2 heterocycles. The van der Waals surface area contributed by atoms with Crippen molar-refractivity contribution >= 4 is 27.5 Å². The van der Waals surface area contributed by atoms with E-state index in [-0.39, 0.29) is 12.0 Å². The third kappa shape index (κ3) is 3.72. The highest BCUT2D eigenvalue weighted by molar-refractivity contribution is 7.18. The van der Waals surface area contributed by atoms with E-state index in [1.807, 2.05) is 13.0 Å². The quantitative estimate of drug-likeness (QED) is 0.804. The van der Waals surface area contributed by atoms with Gasteiger partial charge in [0.1, 0.15) is 10.7 Å². The summed E-state index contributed by atoms with van der Waals surface area (Å²) in [6, 6.07) is 1.89. The summed E-state index contributed by atoms with van der Waals surface area (Å²) in [5.74, 6) is -0.196. The lowest BCUT2D eigenvalue weighted by atomic mass is 10.2. The first-order valence-electron chi connectivity index (χ1n) is 7.29. The Morgan fingerprint density at radius 1 is 1.50 bits per heavy atom. The van der Waals surface area contributed by atoms with Gasteiger partial charge in [0.2, 0.25) is 0 Å². The highest BCUT2D eigenvalue weighted by Gasteiger charge is 2.14. The second kappa shape index (κ2) is 7.51. The van der Waals surface area contributed by atoms with Crippen LogP contribution >= 0.6 is 11.3 Å². The number of rotatable bonds is 8. The molecule has 0 atom stereocenters. The number of aryl methyl sites for hydroxylation is 1. The van der Waals surface area contributed by atoms with Gasteiger partial charge in [0.15, 0.2) is 0 Å². The van der Waals surface area contributed by atoms with Crippen LogP contribution in [0.25, 0.3) is 10.2 Å². The summed E-state index contributed by atoms with van der Waals surface area (Å²) in [5.41, 5.74) is -0.0857. The van der Waals surface area contributed by atoms with Gasteiger partial charge < -0.3 is 9.84 Å². The number of carbonyl (C=O) groups is 1. The Hall–Kier alpha value is -1.73. The van der Waals surface area contributed by atoms with Crippen LogP contribution in [0.4, 0.5) is 0 Å². The van der Waals surface area contributed by atoms with E-state index in [1.54, 1.807) is 11.7 Å². The van der Waals surface area contributed by atoms with Crippen molar-refractivity contribution in [3.8, 4) is 0 Å². The monoisotopic (exact) mass is 324 g/mol. The standard InChI is InChI=1S/C15H20N2O4S/c1-3-10-9-11-14(22-10)16-12(6-8-21-2)17(15(11)20)7-4-5-13(18)19/h9H,3-8H2,1-2H3,(H,18,19). The lowest BCUT2D eigenvalue weighted by molar-refractivity contribution is -0.137.